The third-order valence-electron chi connectivity index (χ3n) is 4.60. The molecule has 1 unspecified atom stereocenters. The zero-order valence-corrected chi connectivity index (χ0v) is 13.3. The summed E-state index contributed by atoms with van der Waals surface area (Å²) in [5, 5.41) is 2.43. The van der Waals surface area contributed by atoms with Crippen molar-refractivity contribution in [1.29, 1.82) is 0 Å². The minimum atomic E-state index is 0.475. The van der Waals surface area contributed by atoms with E-state index < -0.39 is 0 Å². The van der Waals surface area contributed by atoms with E-state index in [0.29, 0.717) is 4.99 Å². The number of thiocarbonyl (C=S) groups is 1. The SMILES string of the molecule is CCC1CCCN(c2ccc(C(N)=S)c3ccccc23)C1. The Morgan fingerprint density at radius 3 is 2.71 bits per heavy atom. The van der Waals surface area contributed by atoms with Gasteiger partial charge in [-0.25, -0.2) is 0 Å². The highest BCUT2D eigenvalue weighted by Crippen LogP contribution is 2.32. The molecule has 21 heavy (non-hydrogen) atoms. The number of nitrogens with zero attached hydrogens (tertiary/aromatic N) is 1. The standard InChI is InChI=1S/C18H22N2S/c1-2-13-6-5-11-20(12-13)17-10-9-16(18(19)21)14-7-3-4-8-15(14)17/h3-4,7-10,13H,2,5-6,11-12H2,1H3,(H2,19,21). The molecule has 0 spiro atoms. The van der Waals surface area contributed by atoms with Crippen LogP contribution >= 0.6 is 12.2 Å². The van der Waals surface area contributed by atoms with Gasteiger partial charge in [0.05, 0.1) is 0 Å². The van der Waals surface area contributed by atoms with Gasteiger partial charge in [-0.2, -0.15) is 0 Å². The lowest BCUT2D eigenvalue weighted by Crippen LogP contribution is -2.35. The lowest BCUT2D eigenvalue weighted by Gasteiger charge is -2.35. The smallest absolute Gasteiger partial charge is 0.104 e. The van der Waals surface area contributed by atoms with Gasteiger partial charge in [0, 0.05) is 29.7 Å². The van der Waals surface area contributed by atoms with Crippen LogP contribution in [0.2, 0.25) is 0 Å². The molecule has 0 bridgehead atoms. The first-order valence-corrected chi connectivity index (χ1v) is 8.18. The van der Waals surface area contributed by atoms with Crippen molar-refractivity contribution in [2.24, 2.45) is 11.7 Å². The van der Waals surface area contributed by atoms with E-state index in [0.717, 1.165) is 24.6 Å². The topological polar surface area (TPSA) is 29.3 Å². The number of piperidine rings is 1. The van der Waals surface area contributed by atoms with Gasteiger partial charge in [0.1, 0.15) is 4.99 Å². The van der Waals surface area contributed by atoms with Gasteiger partial charge in [0.2, 0.25) is 0 Å². The van der Waals surface area contributed by atoms with E-state index in [1.165, 1.54) is 35.7 Å². The first kappa shape index (κ1) is 14.3. The molecule has 2 aromatic carbocycles. The number of hydrogen-bond donors (Lipinski definition) is 1. The number of hydrogen-bond acceptors (Lipinski definition) is 2. The summed E-state index contributed by atoms with van der Waals surface area (Å²) < 4.78 is 0. The fourth-order valence-electron chi connectivity index (χ4n) is 3.39. The minimum absolute atomic E-state index is 0.475. The molecule has 1 heterocycles. The predicted octanol–water partition coefficient (Wildman–Crippen LogP) is 4.10. The molecule has 0 saturated carbocycles. The molecule has 2 nitrogen and oxygen atoms in total. The predicted molar refractivity (Wildman–Crippen MR) is 95.1 cm³/mol. The van der Waals surface area contributed by atoms with Crippen molar-refractivity contribution in [2.45, 2.75) is 26.2 Å². The zero-order valence-electron chi connectivity index (χ0n) is 12.5. The van der Waals surface area contributed by atoms with Gasteiger partial charge in [-0.05, 0) is 36.3 Å². The Balaban J connectivity index is 2.07. The maximum absolute atomic E-state index is 5.87. The van der Waals surface area contributed by atoms with Crippen LogP contribution in [0.5, 0.6) is 0 Å². The Labute approximate surface area is 131 Å². The summed E-state index contributed by atoms with van der Waals surface area (Å²) in [6.07, 6.45) is 3.90. The summed E-state index contributed by atoms with van der Waals surface area (Å²) in [4.78, 5) is 3.01. The number of nitrogens with two attached hydrogens (primary N) is 1. The number of fused-ring (bicyclic) bond motifs is 1. The normalized spacial score (nSPS) is 18.9. The van der Waals surface area contributed by atoms with E-state index in [2.05, 4.69) is 48.2 Å². The molecule has 3 rings (SSSR count). The Morgan fingerprint density at radius 1 is 1.24 bits per heavy atom. The second-order valence-corrected chi connectivity index (χ2v) is 6.34. The molecule has 110 valence electrons. The number of benzene rings is 2. The number of rotatable bonds is 3. The summed E-state index contributed by atoms with van der Waals surface area (Å²) in [5.41, 5.74) is 8.17. The first-order valence-electron chi connectivity index (χ1n) is 7.77. The van der Waals surface area contributed by atoms with Gasteiger partial charge < -0.3 is 10.6 Å². The highest BCUT2D eigenvalue weighted by atomic mass is 32.1. The quantitative estimate of drug-likeness (QED) is 0.865. The van der Waals surface area contributed by atoms with Crippen LogP contribution in [0.25, 0.3) is 10.8 Å². The fraction of sp³-hybridized carbons (Fsp3) is 0.389. The lowest BCUT2D eigenvalue weighted by molar-refractivity contribution is 0.405. The summed E-state index contributed by atoms with van der Waals surface area (Å²) in [6.45, 7) is 4.60. The van der Waals surface area contributed by atoms with Gasteiger partial charge in [-0.3, -0.25) is 0 Å². The second-order valence-electron chi connectivity index (χ2n) is 5.90. The van der Waals surface area contributed by atoms with E-state index in [4.69, 9.17) is 18.0 Å². The summed E-state index contributed by atoms with van der Waals surface area (Å²) in [6, 6.07) is 12.7. The van der Waals surface area contributed by atoms with Crippen LogP contribution in [0.1, 0.15) is 31.7 Å². The van der Waals surface area contributed by atoms with Crippen LogP contribution in [0.15, 0.2) is 36.4 Å². The summed E-state index contributed by atoms with van der Waals surface area (Å²) >= 11 is 5.19. The van der Waals surface area contributed by atoms with Gasteiger partial charge in [0.15, 0.2) is 0 Å². The van der Waals surface area contributed by atoms with Crippen molar-refractivity contribution >= 4 is 33.7 Å². The summed E-state index contributed by atoms with van der Waals surface area (Å²) in [7, 11) is 0. The Morgan fingerprint density at radius 2 is 2.00 bits per heavy atom. The van der Waals surface area contributed by atoms with Gasteiger partial charge in [-0.1, -0.05) is 49.8 Å². The van der Waals surface area contributed by atoms with Crippen molar-refractivity contribution in [3.8, 4) is 0 Å². The molecule has 0 aliphatic carbocycles. The molecule has 1 saturated heterocycles. The Hall–Kier alpha value is -1.61. The number of anilines is 1. The lowest BCUT2D eigenvalue weighted by atomic mass is 9.94. The molecular weight excluding hydrogens is 276 g/mol. The fourth-order valence-corrected chi connectivity index (χ4v) is 3.57. The maximum Gasteiger partial charge on any atom is 0.104 e. The first-order chi connectivity index (χ1) is 10.2. The molecule has 1 aliphatic heterocycles. The highest BCUT2D eigenvalue weighted by molar-refractivity contribution is 7.80. The van der Waals surface area contributed by atoms with Crippen LogP contribution in [0.4, 0.5) is 5.69 Å². The molecule has 1 atom stereocenters. The third-order valence-corrected chi connectivity index (χ3v) is 4.82. The summed E-state index contributed by atoms with van der Waals surface area (Å²) in [5.74, 6) is 0.813. The van der Waals surface area contributed by atoms with Gasteiger partial charge >= 0.3 is 0 Å². The van der Waals surface area contributed by atoms with Crippen LogP contribution in [0, 0.1) is 5.92 Å². The van der Waals surface area contributed by atoms with Gasteiger partial charge in [-0.15, -0.1) is 0 Å². The van der Waals surface area contributed by atoms with E-state index in [9.17, 15) is 0 Å². The second kappa shape index (κ2) is 6.02. The van der Waals surface area contributed by atoms with Crippen LogP contribution in [-0.4, -0.2) is 18.1 Å². The van der Waals surface area contributed by atoms with E-state index >= 15 is 0 Å². The third kappa shape index (κ3) is 2.75. The largest absolute Gasteiger partial charge is 0.389 e. The average molecular weight is 298 g/mol. The van der Waals surface area contributed by atoms with Crippen LogP contribution in [0.3, 0.4) is 0 Å². The van der Waals surface area contributed by atoms with Crippen molar-refractivity contribution in [3.05, 3.63) is 42.0 Å². The van der Waals surface area contributed by atoms with Crippen LogP contribution < -0.4 is 10.6 Å². The maximum atomic E-state index is 5.87. The molecule has 0 amide bonds. The van der Waals surface area contributed by atoms with Crippen molar-refractivity contribution in [2.75, 3.05) is 18.0 Å². The van der Waals surface area contributed by atoms with E-state index in [-0.39, 0.29) is 0 Å². The molecular formula is C18H22N2S. The van der Waals surface area contributed by atoms with Gasteiger partial charge in [0.25, 0.3) is 0 Å². The Kier molecular flexibility index (Phi) is 4.11. The molecule has 1 fully saturated rings. The minimum Gasteiger partial charge on any atom is -0.389 e. The molecule has 0 aromatic heterocycles. The molecule has 1 aliphatic rings. The Bertz CT molecular complexity index is 665. The van der Waals surface area contributed by atoms with Crippen LogP contribution in [-0.2, 0) is 0 Å². The van der Waals surface area contributed by atoms with Crippen molar-refractivity contribution < 1.29 is 0 Å². The monoisotopic (exact) mass is 298 g/mol. The van der Waals surface area contributed by atoms with Crippen molar-refractivity contribution in [3.63, 3.8) is 0 Å². The zero-order chi connectivity index (χ0) is 14.8. The highest BCUT2D eigenvalue weighted by Gasteiger charge is 2.20. The van der Waals surface area contributed by atoms with E-state index in [1.54, 1.807) is 0 Å². The molecule has 2 aromatic rings. The molecule has 3 heteroatoms. The molecule has 0 radical (unpaired) electrons. The average Bonchev–Trinajstić information content (AvgIpc) is 2.53. The van der Waals surface area contributed by atoms with E-state index in [1.807, 2.05) is 0 Å². The molecule has 2 N–H and O–H groups in total. The van der Waals surface area contributed by atoms with Crippen molar-refractivity contribution in [1.82, 2.24) is 0 Å².